The Morgan fingerprint density at radius 1 is 1.11 bits per heavy atom. The summed E-state index contributed by atoms with van der Waals surface area (Å²) in [4.78, 5) is 15.7. The molecule has 3 aromatic rings. The van der Waals surface area contributed by atoms with Gasteiger partial charge in [0.15, 0.2) is 11.5 Å². The fourth-order valence-electron chi connectivity index (χ4n) is 3.08. The lowest BCUT2D eigenvalue weighted by atomic mass is 9.99. The molecule has 136 valence electrons. The highest BCUT2D eigenvalue weighted by Crippen LogP contribution is 2.41. The average Bonchev–Trinajstić information content (AvgIpc) is 3.26. The topological polar surface area (TPSA) is 63.3 Å². The van der Waals surface area contributed by atoms with E-state index in [2.05, 4.69) is 16.4 Å². The Morgan fingerprint density at radius 2 is 1.96 bits per heavy atom. The van der Waals surface area contributed by atoms with Crippen molar-refractivity contribution in [2.24, 2.45) is 0 Å². The van der Waals surface area contributed by atoms with E-state index in [1.807, 2.05) is 36.5 Å². The number of carbonyl (C=O) groups excluding carboxylic acids is 1. The molecule has 7 heteroatoms. The molecule has 4 rings (SSSR count). The van der Waals surface area contributed by atoms with Gasteiger partial charge in [0.25, 0.3) is 5.91 Å². The summed E-state index contributed by atoms with van der Waals surface area (Å²) in [6.07, 6.45) is 3.71. The first-order chi connectivity index (χ1) is 13.1. The van der Waals surface area contributed by atoms with E-state index in [0.717, 1.165) is 27.6 Å². The standard InChI is InChI=1S/C20H16N2O3S2/c1-24-16-8-11(9-17-19(23)22-20(26)27-17)7-14(18(16)25-2)12-3-4-15-13(10-12)5-6-21-15/h3-10,21H,1-2H3,(H,22,23,26)/b17-9-. The van der Waals surface area contributed by atoms with Gasteiger partial charge in [0, 0.05) is 17.3 Å². The van der Waals surface area contributed by atoms with E-state index in [0.29, 0.717) is 20.7 Å². The zero-order valence-corrected chi connectivity index (χ0v) is 16.3. The molecule has 0 bridgehead atoms. The SMILES string of the molecule is COc1cc(/C=C2\SC(=S)NC2=O)cc(-c2ccc3[nH]ccc3c2)c1OC. The molecule has 1 fully saturated rings. The highest BCUT2D eigenvalue weighted by Gasteiger charge is 2.23. The molecule has 0 spiro atoms. The van der Waals surface area contributed by atoms with Gasteiger partial charge in [-0.05, 0) is 52.9 Å². The number of ether oxygens (including phenoxy) is 2. The summed E-state index contributed by atoms with van der Waals surface area (Å²) in [6, 6.07) is 12.0. The Bertz CT molecular complexity index is 1100. The van der Waals surface area contributed by atoms with Crippen molar-refractivity contribution in [1.29, 1.82) is 0 Å². The first kappa shape index (κ1) is 17.6. The van der Waals surface area contributed by atoms with Crippen LogP contribution >= 0.6 is 24.0 Å². The van der Waals surface area contributed by atoms with E-state index >= 15 is 0 Å². The minimum atomic E-state index is -0.185. The summed E-state index contributed by atoms with van der Waals surface area (Å²) in [6.45, 7) is 0. The van der Waals surface area contributed by atoms with E-state index in [1.54, 1.807) is 20.3 Å². The number of carbonyl (C=O) groups is 1. The molecule has 27 heavy (non-hydrogen) atoms. The van der Waals surface area contributed by atoms with Crippen LogP contribution in [0.2, 0.25) is 0 Å². The van der Waals surface area contributed by atoms with E-state index in [9.17, 15) is 4.79 Å². The summed E-state index contributed by atoms with van der Waals surface area (Å²) in [5, 5.41) is 3.73. The molecule has 5 nitrogen and oxygen atoms in total. The summed E-state index contributed by atoms with van der Waals surface area (Å²) in [7, 11) is 3.22. The number of aromatic amines is 1. The van der Waals surface area contributed by atoms with Gasteiger partial charge >= 0.3 is 0 Å². The van der Waals surface area contributed by atoms with Crippen LogP contribution in [0, 0.1) is 0 Å². The van der Waals surface area contributed by atoms with Gasteiger partial charge < -0.3 is 19.8 Å². The fraction of sp³-hybridized carbons (Fsp3) is 0.100. The monoisotopic (exact) mass is 396 g/mol. The normalized spacial score (nSPS) is 15.4. The minimum Gasteiger partial charge on any atom is -0.493 e. The highest BCUT2D eigenvalue weighted by molar-refractivity contribution is 8.26. The van der Waals surface area contributed by atoms with Crippen LogP contribution < -0.4 is 14.8 Å². The van der Waals surface area contributed by atoms with Crippen molar-refractivity contribution in [2.75, 3.05) is 14.2 Å². The first-order valence-electron chi connectivity index (χ1n) is 8.17. The molecule has 0 unspecified atom stereocenters. The third-order valence-electron chi connectivity index (χ3n) is 4.31. The van der Waals surface area contributed by atoms with Gasteiger partial charge in [0.1, 0.15) is 4.32 Å². The Morgan fingerprint density at radius 3 is 2.67 bits per heavy atom. The summed E-state index contributed by atoms with van der Waals surface area (Å²) >= 11 is 6.31. The molecule has 1 aromatic heterocycles. The van der Waals surface area contributed by atoms with Crippen LogP contribution in [-0.2, 0) is 4.79 Å². The highest BCUT2D eigenvalue weighted by atomic mass is 32.2. The van der Waals surface area contributed by atoms with Gasteiger partial charge in [-0.3, -0.25) is 4.79 Å². The maximum Gasteiger partial charge on any atom is 0.263 e. The summed E-state index contributed by atoms with van der Waals surface area (Å²) in [5.74, 6) is 1.06. The number of nitrogens with one attached hydrogen (secondary N) is 2. The van der Waals surface area contributed by atoms with E-state index < -0.39 is 0 Å². The van der Waals surface area contributed by atoms with Crippen molar-refractivity contribution in [2.45, 2.75) is 0 Å². The number of amides is 1. The van der Waals surface area contributed by atoms with Crippen LogP contribution in [0.4, 0.5) is 0 Å². The van der Waals surface area contributed by atoms with Crippen LogP contribution in [0.15, 0.2) is 47.5 Å². The fourth-order valence-corrected chi connectivity index (χ4v) is 4.12. The van der Waals surface area contributed by atoms with Crippen LogP contribution in [0.25, 0.3) is 28.1 Å². The summed E-state index contributed by atoms with van der Waals surface area (Å²) < 4.78 is 11.6. The van der Waals surface area contributed by atoms with Crippen molar-refractivity contribution in [3.8, 4) is 22.6 Å². The molecular formula is C20H16N2O3S2. The van der Waals surface area contributed by atoms with Crippen LogP contribution in [0.3, 0.4) is 0 Å². The van der Waals surface area contributed by atoms with Crippen LogP contribution in [-0.4, -0.2) is 29.4 Å². The molecule has 0 aliphatic carbocycles. The van der Waals surface area contributed by atoms with Crippen molar-refractivity contribution in [3.05, 3.63) is 53.1 Å². The molecule has 0 saturated carbocycles. The van der Waals surface area contributed by atoms with Gasteiger partial charge in [0.05, 0.1) is 19.1 Å². The minimum absolute atomic E-state index is 0.185. The zero-order valence-electron chi connectivity index (χ0n) is 14.7. The van der Waals surface area contributed by atoms with E-state index in [4.69, 9.17) is 21.7 Å². The van der Waals surface area contributed by atoms with Gasteiger partial charge in [0.2, 0.25) is 0 Å². The van der Waals surface area contributed by atoms with Crippen LogP contribution in [0.1, 0.15) is 5.56 Å². The lowest BCUT2D eigenvalue weighted by Gasteiger charge is -2.15. The van der Waals surface area contributed by atoms with Crippen molar-refractivity contribution in [1.82, 2.24) is 10.3 Å². The maximum atomic E-state index is 12.0. The number of benzene rings is 2. The number of methoxy groups -OCH3 is 2. The molecule has 2 heterocycles. The van der Waals surface area contributed by atoms with Crippen molar-refractivity contribution >= 4 is 51.2 Å². The molecule has 0 radical (unpaired) electrons. The molecule has 2 N–H and O–H groups in total. The average molecular weight is 396 g/mol. The number of aromatic nitrogens is 1. The Kier molecular flexibility index (Phi) is 4.63. The third kappa shape index (κ3) is 3.31. The second-order valence-electron chi connectivity index (χ2n) is 5.94. The maximum absolute atomic E-state index is 12.0. The number of H-pyrrole nitrogens is 1. The molecule has 1 amide bonds. The Hall–Kier alpha value is -2.77. The molecule has 1 saturated heterocycles. The van der Waals surface area contributed by atoms with Gasteiger partial charge in [-0.1, -0.05) is 30.0 Å². The second kappa shape index (κ2) is 7.09. The van der Waals surface area contributed by atoms with Crippen LogP contribution in [0.5, 0.6) is 11.5 Å². The van der Waals surface area contributed by atoms with E-state index in [-0.39, 0.29) is 5.91 Å². The number of thioether (sulfide) groups is 1. The number of fused-ring (bicyclic) bond motifs is 1. The molecule has 2 aromatic carbocycles. The number of hydrogen-bond donors (Lipinski definition) is 2. The second-order valence-corrected chi connectivity index (χ2v) is 7.65. The number of hydrogen-bond acceptors (Lipinski definition) is 5. The van der Waals surface area contributed by atoms with Gasteiger partial charge in [-0.2, -0.15) is 0 Å². The predicted octanol–water partition coefficient (Wildman–Crippen LogP) is 4.34. The first-order valence-corrected chi connectivity index (χ1v) is 9.40. The molecule has 0 atom stereocenters. The Labute approximate surface area is 165 Å². The number of thiocarbonyl (C=S) groups is 1. The lowest BCUT2D eigenvalue weighted by Crippen LogP contribution is -2.17. The molecule has 1 aliphatic heterocycles. The lowest BCUT2D eigenvalue weighted by molar-refractivity contribution is -0.115. The molecule has 1 aliphatic rings. The molecular weight excluding hydrogens is 380 g/mol. The van der Waals surface area contributed by atoms with Crippen molar-refractivity contribution in [3.63, 3.8) is 0 Å². The third-order valence-corrected chi connectivity index (χ3v) is 5.47. The van der Waals surface area contributed by atoms with Gasteiger partial charge in [-0.25, -0.2) is 0 Å². The largest absolute Gasteiger partial charge is 0.493 e. The van der Waals surface area contributed by atoms with Crippen molar-refractivity contribution < 1.29 is 14.3 Å². The smallest absolute Gasteiger partial charge is 0.263 e. The summed E-state index contributed by atoms with van der Waals surface area (Å²) in [5.41, 5.74) is 3.78. The quantitative estimate of drug-likeness (QED) is 0.507. The zero-order chi connectivity index (χ0) is 19.0. The Balaban J connectivity index is 1.87. The van der Waals surface area contributed by atoms with E-state index in [1.165, 1.54) is 11.8 Å². The predicted molar refractivity (Wildman–Crippen MR) is 113 cm³/mol. The number of rotatable bonds is 4. The van der Waals surface area contributed by atoms with Gasteiger partial charge in [-0.15, -0.1) is 0 Å².